The molecule has 0 saturated heterocycles. The molecule has 31 heavy (non-hydrogen) atoms. The van der Waals surface area contributed by atoms with E-state index in [9.17, 15) is 0 Å². The number of rotatable bonds is 6. The molecular weight excluding hydrogens is 402 g/mol. The van der Waals surface area contributed by atoms with Gasteiger partial charge in [0.05, 0.1) is 11.2 Å². The molecule has 0 aliphatic rings. The summed E-state index contributed by atoms with van der Waals surface area (Å²) in [6.07, 6.45) is 3.68. The number of aromatic nitrogens is 5. The summed E-state index contributed by atoms with van der Waals surface area (Å²) in [7, 11) is 0. The fourth-order valence-corrected chi connectivity index (χ4v) is 4.56. The summed E-state index contributed by atoms with van der Waals surface area (Å²) in [6, 6.07) is 24.6. The Balaban J connectivity index is 1.59. The molecule has 0 radical (unpaired) electrons. The molecule has 6 heteroatoms. The predicted molar refractivity (Wildman–Crippen MR) is 126 cm³/mol. The SMILES string of the molecule is CCn1c(SCc2cccnc2)nnc1-c1cc(-c2ccccc2)nc2ccccc12. The lowest BCUT2D eigenvalue weighted by molar-refractivity contribution is 0.687. The van der Waals surface area contributed by atoms with Gasteiger partial charge in [0, 0.05) is 41.2 Å². The second-order valence-electron chi connectivity index (χ2n) is 7.14. The standard InChI is InChI=1S/C25H21N5S/c1-2-30-24(28-29-25(30)31-17-18-9-8-14-26-16-18)21-15-23(19-10-4-3-5-11-19)27-22-13-7-6-12-20(21)22/h3-16H,2,17H2,1H3. The van der Waals surface area contributed by atoms with Crippen LogP contribution in [0.5, 0.6) is 0 Å². The molecule has 0 amide bonds. The van der Waals surface area contributed by atoms with E-state index in [1.54, 1.807) is 18.0 Å². The third-order valence-corrected chi connectivity index (χ3v) is 6.19. The van der Waals surface area contributed by atoms with E-state index in [1.165, 1.54) is 5.56 Å². The summed E-state index contributed by atoms with van der Waals surface area (Å²) in [5, 5.41) is 11.1. The summed E-state index contributed by atoms with van der Waals surface area (Å²) in [5.41, 5.74) is 5.19. The van der Waals surface area contributed by atoms with E-state index < -0.39 is 0 Å². The van der Waals surface area contributed by atoms with Crippen LogP contribution in [0, 0.1) is 0 Å². The van der Waals surface area contributed by atoms with Gasteiger partial charge in [-0.3, -0.25) is 4.98 Å². The van der Waals surface area contributed by atoms with Crippen LogP contribution in [0.15, 0.2) is 90.3 Å². The normalized spacial score (nSPS) is 11.1. The van der Waals surface area contributed by atoms with E-state index in [4.69, 9.17) is 4.98 Å². The molecule has 0 atom stereocenters. The Morgan fingerprint density at radius 1 is 0.903 bits per heavy atom. The third kappa shape index (κ3) is 3.94. The van der Waals surface area contributed by atoms with Crippen LogP contribution in [0.1, 0.15) is 12.5 Å². The van der Waals surface area contributed by atoms with Gasteiger partial charge in [0.15, 0.2) is 11.0 Å². The van der Waals surface area contributed by atoms with Gasteiger partial charge < -0.3 is 4.57 Å². The number of nitrogens with zero attached hydrogens (tertiary/aromatic N) is 5. The molecule has 0 saturated carbocycles. The maximum absolute atomic E-state index is 4.90. The lowest BCUT2D eigenvalue weighted by Crippen LogP contribution is -2.01. The Labute approximate surface area is 185 Å². The maximum atomic E-state index is 4.90. The second-order valence-corrected chi connectivity index (χ2v) is 8.08. The van der Waals surface area contributed by atoms with E-state index in [1.807, 2.05) is 42.6 Å². The van der Waals surface area contributed by atoms with Crippen molar-refractivity contribution in [2.45, 2.75) is 24.4 Å². The van der Waals surface area contributed by atoms with E-state index in [0.29, 0.717) is 0 Å². The molecule has 0 bridgehead atoms. The van der Waals surface area contributed by atoms with Crippen LogP contribution in [0.2, 0.25) is 0 Å². The van der Waals surface area contributed by atoms with Crippen LogP contribution in [-0.4, -0.2) is 24.7 Å². The average molecular weight is 424 g/mol. The summed E-state index contributed by atoms with van der Waals surface area (Å²) in [5.74, 6) is 1.67. The van der Waals surface area contributed by atoms with Crippen LogP contribution < -0.4 is 0 Å². The smallest absolute Gasteiger partial charge is 0.191 e. The van der Waals surface area contributed by atoms with Gasteiger partial charge >= 0.3 is 0 Å². The van der Waals surface area contributed by atoms with Crippen LogP contribution >= 0.6 is 11.8 Å². The highest BCUT2D eigenvalue weighted by molar-refractivity contribution is 7.98. The Hall–Kier alpha value is -3.51. The van der Waals surface area contributed by atoms with Gasteiger partial charge in [0.2, 0.25) is 0 Å². The van der Waals surface area contributed by atoms with Crippen molar-refractivity contribution in [2.75, 3.05) is 0 Å². The molecule has 0 spiro atoms. The molecule has 152 valence electrons. The van der Waals surface area contributed by atoms with Crippen molar-refractivity contribution in [3.8, 4) is 22.6 Å². The zero-order chi connectivity index (χ0) is 21.0. The Bertz CT molecular complexity index is 1320. The van der Waals surface area contributed by atoms with E-state index in [0.717, 1.165) is 51.0 Å². The number of thioether (sulfide) groups is 1. The third-order valence-electron chi connectivity index (χ3n) is 5.15. The van der Waals surface area contributed by atoms with Gasteiger partial charge in [-0.25, -0.2) is 4.98 Å². The molecule has 0 aliphatic heterocycles. The monoisotopic (exact) mass is 423 g/mol. The van der Waals surface area contributed by atoms with Crippen molar-refractivity contribution in [1.29, 1.82) is 0 Å². The van der Waals surface area contributed by atoms with Gasteiger partial charge in [-0.2, -0.15) is 0 Å². The van der Waals surface area contributed by atoms with Gasteiger partial charge in [-0.05, 0) is 30.7 Å². The topological polar surface area (TPSA) is 56.5 Å². The van der Waals surface area contributed by atoms with Crippen LogP contribution in [0.4, 0.5) is 0 Å². The molecule has 5 nitrogen and oxygen atoms in total. The largest absolute Gasteiger partial charge is 0.302 e. The molecule has 5 rings (SSSR count). The first-order chi connectivity index (χ1) is 15.3. The minimum atomic E-state index is 0.787. The number of benzene rings is 2. The number of hydrogen-bond donors (Lipinski definition) is 0. The minimum Gasteiger partial charge on any atom is -0.302 e. The Morgan fingerprint density at radius 3 is 2.55 bits per heavy atom. The molecule has 0 N–H and O–H groups in total. The Morgan fingerprint density at radius 2 is 1.74 bits per heavy atom. The molecule has 3 aromatic heterocycles. The first-order valence-electron chi connectivity index (χ1n) is 10.2. The van der Waals surface area contributed by atoms with Crippen molar-refractivity contribution in [2.24, 2.45) is 0 Å². The summed E-state index contributed by atoms with van der Waals surface area (Å²) in [6.45, 7) is 2.91. The van der Waals surface area contributed by atoms with Crippen molar-refractivity contribution >= 4 is 22.7 Å². The lowest BCUT2D eigenvalue weighted by atomic mass is 10.0. The number of para-hydroxylation sites is 1. The highest BCUT2D eigenvalue weighted by atomic mass is 32.2. The maximum Gasteiger partial charge on any atom is 0.191 e. The highest BCUT2D eigenvalue weighted by Crippen LogP contribution is 2.33. The fraction of sp³-hybridized carbons (Fsp3) is 0.120. The van der Waals surface area contributed by atoms with Crippen molar-refractivity contribution < 1.29 is 0 Å². The quantitative estimate of drug-likeness (QED) is 0.320. The number of pyridine rings is 2. The molecule has 0 unspecified atom stereocenters. The lowest BCUT2D eigenvalue weighted by Gasteiger charge is -2.12. The van der Waals surface area contributed by atoms with Gasteiger partial charge in [0.1, 0.15) is 0 Å². The van der Waals surface area contributed by atoms with Crippen LogP contribution in [0.25, 0.3) is 33.5 Å². The van der Waals surface area contributed by atoms with Crippen molar-refractivity contribution in [3.63, 3.8) is 0 Å². The van der Waals surface area contributed by atoms with E-state index in [-0.39, 0.29) is 0 Å². The number of hydrogen-bond acceptors (Lipinski definition) is 5. The predicted octanol–water partition coefficient (Wildman–Crippen LogP) is 5.87. The molecule has 0 fully saturated rings. The summed E-state index contributed by atoms with van der Waals surface area (Å²) < 4.78 is 2.18. The van der Waals surface area contributed by atoms with E-state index in [2.05, 4.69) is 63.1 Å². The molecule has 5 aromatic rings. The Kier molecular flexibility index (Phi) is 5.46. The molecular formula is C25H21N5S. The fourth-order valence-electron chi connectivity index (χ4n) is 3.63. The summed E-state index contributed by atoms with van der Waals surface area (Å²) >= 11 is 1.68. The van der Waals surface area contributed by atoms with Gasteiger partial charge in [0.25, 0.3) is 0 Å². The van der Waals surface area contributed by atoms with Crippen LogP contribution in [-0.2, 0) is 12.3 Å². The zero-order valence-electron chi connectivity index (χ0n) is 17.1. The molecule has 3 heterocycles. The van der Waals surface area contributed by atoms with Gasteiger partial charge in [-0.1, -0.05) is 66.4 Å². The molecule has 2 aromatic carbocycles. The average Bonchev–Trinajstić information content (AvgIpc) is 3.26. The van der Waals surface area contributed by atoms with Gasteiger partial charge in [-0.15, -0.1) is 10.2 Å². The first-order valence-corrected chi connectivity index (χ1v) is 11.2. The first kappa shape index (κ1) is 19.5. The molecule has 0 aliphatic carbocycles. The highest BCUT2D eigenvalue weighted by Gasteiger charge is 2.17. The van der Waals surface area contributed by atoms with Crippen molar-refractivity contribution in [1.82, 2.24) is 24.7 Å². The van der Waals surface area contributed by atoms with Crippen LogP contribution in [0.3, 0.4) is 0 Å². The number of fused-ring (bicyclic) bond motifs is 1. The minimum absolute atomic E-state index is 0.787. The second kappa shape index (κ2) is 8.70. The summed E-state index contributed by atoms with van der Waals surface area (Å²) in [4.78, 5) is 9.10. The zero-order valence-corrected chi connectivity index (χ0v) is 18.0. The van der Waals surface area contributed by atoms with E-state index >= 15 is 0 Å². The van der Waals surface area contributed by atoms with Crippen molar-refractivity contribution in [3.05, 3.63) is 90.8 Å².